The number of aromatic hydroxyl groups is 1. The maximum absolute atomic E-state index is 13.5. The maximum Gasteiger partial charge on any atom is 0.251 e. The molecule has 0 fully saturated rings. The van der Waals surface area contributed by atoms with Gasteiger partial charge >= 0.3 is 0 Å². The van der Waals surface area contributed by atoms with Crippen LogP contribution in [0, 0.1) is 5.82 Å². The van der Waals surface area contributed by atoms with Crippen molar-refractivity contribution in [3.05, 3.63) is 119 Å². The quantitative estimate of drug-likeness (QED) is 0.347. The number of phenols is 1. The minimum Gasteiger partial charge on any atom is -0.508 e. The molecule has 2 atom stereocenters. The summed E-state index contributed by atoms with van der Waals surface area (Å²) in [7, 11) is 1.57. The fraction of sp³-hybridized carbons (Fsp3) is 0.133. The molecular formula is C30H25FN2O4. The van der Waals surface area contributed by atoms with Crippen LogP contribution < -0.4 is 15.4 Å². The Labute approximate surface area is 213 Å². The lowest BCUT2D eigenvalue weighted by Gasteiger charge is -2.18. The average Bonchev–Trinajstić information content (AvgIpc) is 3.30. The summed E-state index contributed by atoms with van der Waals surface area (Å²) in [6.45, 7) is 0.284. The average molecular weight is 497 g/mol. The maximum atomic E-state index is 13.5. The molecule has 3 N–H and O–H groups in total. The number of fused-ring (bicyclic) bond motifs is 1. The second kappa shape index (κ2) is 10.1. The first-order valence-corrected chi connectivity index (χ1v) is 11.9. The van der Waals surface area contributed by atoms with E-state index in [1.807, 2.05) is 30.3 Å². The molecule has 7 heteroatoms. The summed E-state index contributed by atoms with van der Waals surface area (Å²) in [4.78, 5) is 25.7. The Kier molecular flexibility index (Phi) is 6.60. The summed E-state index contributed by atoms with van der Waals surface area (Å²) in [5.74, 6) is -0.680. The Bertz CT molecular complexity index is 1470. The molecule has 0 saturated carbocycles. The lowest BCUT2D eigenvalue weighted by Crippen LogP contribution is -2.28. The normalized spacial score (nSPS) is 15.9. The predicted octanol–water partition coefficient (Wildman–Crippen LogP) is 5.09. The third kappa shape index (κ3) is 5.02. The molecule has 5 rings (SSSR count). The number of benzene rings is 4. The first kappa shape index (κ1) is 24.1. The largest absolute Gasteiger partial charge is 0.508 e. The van der Waals surface area contributed by atoms with Crippen molar-refractivity contribution in [2.75, 3.05) is 7.05 Å². The van der Waals surface area contributed by atoms with Crippen molar-refractivity contribution >= 4 is 11.8 Å². The summed E-state index contributed by atoms with van der Waals surface area (Å²) in [6.07, 6.45) is -0.583. The van der Waals surface area contributed by atoms with Crippen LogP contribution in [0.2, 0.25) is 0 Å². The van der Waals surface area contributed by atoms with Crippen LogP contribution in [0.5, 0.6) is 11.5 Å². The number of rotatable bonds is 6. The first-order chi connectivity index (χ1) is 17.9. The van der Waals surface area contributed by atoms with E-state index < -0.39 is 12.0 Å². The van der Waals surface area contributed by atoms with E-state index in [4.69, 9.17) is 4.74 Å². The van der Waals surface area contributed by atoms with Crippen LogP contribution in [0.25, 0.3) is 11.1 Å². The second-order valence-electron chi connectivity index (χ2n) is 8.87. The van der Waals surface area contributed by atoms with Gasteiger partial charge in [-0.25, -0.2) is 4.39 Å². The van der Waals surface area contributed by atoms with E-state index in [0.717, 1.165) is 22.3 Å². The van der Waals surface area contributed by atoms with Gasteiger partial charge in [0.1, 0.15) is 29.3 Å². The zero-order valence-corrected chi connectivity index (χ0v) is 20.1. The van der Waals surface area contributed by atoms with Crippen molar-refractivity contribution in [2.45, 2.75) is 18.6 Å². The van der Waals surface area contributed by atoms with Gasteiger partial charge in [-0.1, -0.05) is 42.5 Å². The first-order valence-electron chi connectivity index (χ1n) is 11.9. The Morgan fingerprint density at radius 3 is 2.43 bits per heavy atom. The van der Waals surface area contributed by atoms with E-state index in [2.05, 4.69) is 10.6 Å². The molecular weight excluding hydrogens is 471 g/mol. The zero-order chi connectivity index (χ0) is 25.9. The SMILES string of the molecule is CNC(=O)C1c2cc(-c3cccc(C(=O)NCc4cccc(O)c4)c3)ccc2OC1c1ccc(F)cc1. The Balaban J connectivity index is 1.41. The molecule has 37 heavy (non-hydrogen) atoms. The van der Waals surface area contributed by atoms with Crippen molar-refractivity contribution in [3.8, 4) is 22.6 Å². The predicted molar refractivity (Wildman–Crippen MR) is 138 cm³/mol. The lowest BCUT2D eigenvalue weighted by molar-refractivity contribution is -0.123. The standard InChI is InChI=1S/C30H25FN2O4/c1-32-30(36)27-25-16-21(10-13-26(25)37-28(27)19-8-11-23(31)12-9-19)20-5-3-6-22(15-20)29(35)33-17-18-4-2-7-24(34)14-18/h2-16,27-28,34H,17H2,1H3,(H,32,36)(H,33,35). The van der Waals surface area contributed by atoms with Crippen LogP contribution >= 0.6 is 0 Å². The van der Waals surface area contributed by atoms with E-state index in [-0.39, 0.29) is 29.9 Å². The van der Waals surface area contributed by atoms with Crippen molar-refractivity contribution in [1.29, 1.82) is 0 Å². The Morgan fingerprint density at radius 2 is 1.68 bits per heavy atom. The second-order valence-corrected chi connectivity index (χ2v) is 8.87. The Hall–Kier alpha value is -4.65. The monoisotopic (exact) mass is 496 g/mol. The molecule has 1 aliphatic rings. The van der Waals surface area contributed by atoms with Gasteiger partial charge in [-0.05, 0) is 70.8 Å². The highest BCUT2D eigenvalue weighted by atomic mass is 19.1. The number of halogens is 1. The molecule has 0 radical (unpaired) electrons. The fourth-order valence-electron chi connectivity index (χ4n) is 4.58. The van der Waals surface area contributed by atoms with E-state index >= 15 is 0 Å². The minimum atomic E-state index is -0.612. The minimum absolute atomic E-state index is 0.145. The summed E-state index contributed by atoms with van der Waals surface area (Å²) in [5, 5.41) is 15.2. The summed E-state index contributed by atoms with van der Waals surface area (Å²) in [5.41, 5.74) is 4.36. The molecule has 0 aliphatic carbocycles. The number of phenolic OH excluding ortho intramolecular Hbond substituents is 1. The molecule has 186 valence electrons. The molecule has 4 aromatic rings. The number of hydrogen-bond donors (Lipinski definition) is 3. The van der Waals surface area contributed by atoms with Crippen molar-refractivity contribution in [2.24, 2.45) is 0 Å². The van der Waals surface area contributed by atoms with Crippen LogP contribution in [0.4, 0.5) is 4.39 Å². The smallest absolute Gasteiger partial charge is 0.251 e. The molecule has 0 spiro atoms. The van der Waals surface area contributed by atoms with Crippen LogP contribution in [-0.2, 0) is 11.3 Å². The molecule has 0 saturated heterocycles. The van der Waals surface area contributed by atoms with Crippen LogP contribution in [0.3, 0.4) is 0 Å². The number of nitrogens with one attached hydrogen (secondary N) is 2. The van der Waals surface area contributed by atoms with Gasteiger partial charge < -0.3 is 20.5 Å². The van der Waals surface area contributed by atoms with Crippen molar-refractivity contribution < 1.29 is 23.8 Å². The number of carbonyl (C=O) groups is 2. The molecule has 4 aromatic carbocycles. The van der Waals surface area contributed by atoms with Gasteiger partial charge in [0.2, 0.25) is 5.91 Å². The van der Waals surface area contributed by atoms with Crippen LogP contribution in [0.15, 0.2) is 91.0 Å². The highest BCUT2D eigenvalue weighted by Crippen LogP contribution is 2.47. The summed E-state index contributed by atoms with van der Waals surface area (Å²) >= 11 is 0. The van der Waals surface area contributed by atoms with E-state index in [1.54, 1.807) is 55.6 Å². The number of amides is 2. The molecule has 0 aromatic heterocycles. The van der Waals surface area contributed by atoms with Gasteiger partial charge in [0.25, 0.3) is 5.91 Å². The molecule has 6 nitrogen and oxygen atoms in total. The molecule has 1 heterocycles. The fourth-order valence-corrected chi connectivity index (χ4v) is 4.58. The topological polar surface area (TPSA) is 87.7 Å². The number of hydrogen-bond acceptors (Lipinski definition) is 4. The van der Waals surface area contributed by atoms with E-state index in [0.29, 0.717) is 16.9 Å². The van der Waals surface area contributed by atoms with Gasteiger partial charge in [-0.3, -0.25) is 9.59 Å². The third-order valence-corrected chi connectivity index (χ3v) is 6.45. The highest BCUT2D eigenvalue weighted by Gasteiger charge is 2.40. The molecule has 0 bridgehead atoms. The van der Waals surface area contributed by atoms with Gasteiger partial charge in [0.05, 0.1) is 0 Å². The zero-order valence-electron chi connectivity index (χ0n) is 20.1. The highest BCUT2D eigenvalue weighted by molar-refractivity contribution is 5.95. The molecule has 2 unspecified atom stereocenters. The molecule has 2 amide bonds. The van der Waals surface area contributed by atoms with Gasteiger partial charge in [-0.2, -0.15) is 0 Å². The van der Waals surface area contributed by atoms with Crippen molar-refractivity contribution in [1.82, 2.24) is 10.6 Å². The summed E-state index contributed by atoms with van der Waals surface area (Å²) < 4.78 is 19.6. The van der Waals surface area contributed by atoms with Crippen molar-refractivity contribution in [3.63, 3.8) is 0 Å². The van der Waals surface area contributed by atoms with Crippen LogP contribution in [0.1, 0.15) is 39.1 Å². The number of likely N-dealkylation sites (N-methyl/N-ethyl adjacent to an activating group) is 1. The van der Waals surface area contributed by atoms with E-state index in [1.165, 1.54) is 12.1 Å². The van der Waals surface area contributed by atoms with E-state index in [9.17, 15) is 19.1 Å². The third-order valence-electron chi connectivity index (χ3n) is 6.45. The van der Waals surface area contributed by atoms with Gasteiger partial charge in [-0.15, -0.1) is 0 Å². The number of ether oxygens (including phenoxy) is 1. The van der Waals surface area contributed by atoms with Gasteiger partial charge in [0, 0.05) is 24.7 Å². The Morgan fingerprint density at radius 1 is 0.919 bits per heavy atom. The summed E-state index contributed by atoms with van der Waals surface area (Å²) in [6, 6.07) is 25.5. The number of carbonyl (C=O) groups excluding carboxylic acids is 2. The van der Waals surface area contributed by atoms with Crippen LogP contribution in [-0.4, -0.2) is 24.0 Å². The van der Waals surface area contributed by atoms with Gasteiger partial charge in [0.15, 0.2) is 0 Å². The lowest BCUT2D eigenvalue weighted by atomic mass is 9.88. The molecule has 1 aliphatic heterocycles.